The molecular formula is C18H23NO2. The van der Waals surface area contributed by atoms with Crippen molar-refractivity contribution >= 4 is 11.6 Å². The van der Waals surface area contributed by atoms with Gasteiger partial charge in [0, 0.05) is 23.6 Å². The van der Waals surface area contributed by atoms with Gasteiger partial charge in [0.2, 0.25) is 0 Å². The normalized spacial score (nSPS) is 39.0. The minimum atomic E-state index is -0.0203. The molecule has 0 bridgehead atoms. The highest BCUT2D eigenvalue weighted by Gasteiger charge is 2.47. The molecule has 4 rings (SSSR count). The molecule has 112 valence electrons. The van der Waals surface area contributed by atoms with E-state index in [2.05, 4.69) is 11.4 Å². The van der Waals surface area contributed by atoms with E-state index in [1.807, 2.05) is 6.08 Å². The number of Topliss-reactive ketones (excluding diaryl/α,β-unsaturated/α-hetero) is 2. The number of rotatable bonds is 0. The Labute approximate surface area is 125 Å². The van der Waals surface area contributed by atoms with E-state index in [9.17, 15) is 9.59 Å². The van der Waals surface area contributed by atoms with Crippen molar-refractivity contribution in [3.05, 3.63) is 23.4 Å². The Kier molecular flexibility index (Phi) is 3.24. The standard InChI is InChI=1S/C18H23NO2/c20-17-12-6-2-3-7-13(12)18(21)16(17)15-10-9-11-5-1-4-8-14(11)19-15/h9-14,19H,1-8H2. The summed E-state index contributed by atoms with van der Waals surface area (Å²) in [6.45, 7) is 0. The monoisotopic (exact) mass is 285 g/mol. The molecule has 1 heterocycles. The summed E-state index contributed by atoms with van der Waals surface area (Å²) >= 11 is 0. The van der Waals surface area contributed by atoms with Crippen LogP contribution in [0, 0.1) is 17.8 Å². The molecule has 3 saturated carbocycles. The second kappa shape index (κ2) is 5.11. The van der Waals surface area contributed by atoms with Crippen molar-refractivity contribution in [3.63, 3.8) is 0 Å². The smallest absolute Gasteiger partial charge is 0.172 e. The molecule has 0 aromatic rings. The first kappa shape index (κ1) is 13.3. The van der Waals surface area contributed by atoms with Crippen LogP contribution in [0.2, 0.25) is 0 Å². The molecule has 0 aromatic carbocycles. The van der Waals surface area contributed by atoms with Crippen LogP contribution in [0.5, 0.6) is 0 Å². The van der Waals surface area contributed by atoms with Crippen molar-refractivity contribution < 1.29 is 9.59 Å². The van der Waals surface area contributed by atoms with E-state index < -0.39 is 0 Å². The van der Waals surface area contributed by atoms with E-state index in [1.165, 1.54) is 19.3 Å². The Morgan fingerprint density at radius 2 is 1.48 bits per heavy atom. The van der Waals surface area contributed by atoms with Crippen LogP contribution in [0.3, 0.4) is 0 Å². The van der Waals surface area contributed by atoms with Gasteiger partial charge in [-0.1, -0.05) is 31.8 Å². The first-order valence-corrected chi connectivity index (χ1v) is 8.53. The van der Waals surface area contributed by atoms with Crippen molar-refractivity contribution in [3.8, 4) is 0 Å². The predicted octanol–water partition coefficient (Wildman–Crippen LogP) is 2.92. The molecule has 3 fully saturated rings. The van der Waals surface area contributed by atoms with Crippen LogP contribution in [-0.2, 0) is 9.59 Å². The van der Waals surface area contributed by atoms with Crippen molar-refractivity contribution in [2.24, 2.45) is 17.8 Å². The Bertz CT molecular complexity index is 519. The molecule has 4 unspecified atom stereocenters. The van der Waals surface area contributed by atoms with Gasteiger partial charge in [0.15, 0.2) is 11.6 Å². The van der Waals surface area contributed by atoms with Gasteiger partial charge >= 0.3 is 0 Å². The Balaban J connectivity index is 1.68. The van der Waals surface area contributed by atoms with Gasteiger partial charge in [0.1, 0.15) is 0 Å². The van der Waals surface area contributed by atoms with Gasteiger partial charge in [-0.15, -0.1) is 0 Å². The number of nitrogens with one attached hydrogen (secondary N) is 1. The molecule has 4 atom stereocenters. The maximum atomic E-state index is 12.7. The zero-order chi connectivity index (χ0) is 14.4. The molecule has 0 amide bonds. The summed E-state index contributed by atoms with van der Waals surface area (Å²) in [6.07, 6.45) is 13.2. The van der Waals surface area contributed by atoms with E-state index in [-0.39, 0.29) is 23.4 Å². The van der Waals surface area contributed by atoms with Gasteiger partial charge in [-0.05, 0) is 37.7 Å². The first-order valence-electron chi connectivity index (χ1n) is 8.53. The number of ketones is 2. The average molecular weight is 285 g/mol. The van der Waals surface area contributed by atoms with Gasteiger partial charge in [-0.25, -0.2) is 0 Å². The first-order chi connectivity index (χ1) is 10.3. The van der Waals surface area contributed by atoms with Crippen molar-refractivity contribution in [1.29, 1.82) is 0 Å². The molecule has 0 radical (unpaired) electrons. The van der Waals surface area contributed by atoms with Crippen LogP contribution >= 0.6 is 0 Å². The lowest BCUT2D eigenvalue weighted by Crippen LogP contribution is -2.40. The number of hydrogen-bond donors (Lipinski definition) is 1. The van der Waals surface area contributed by atoms with Crippen LogP contribution in [-0.4, -0.2) is 17.6 Å². The van der Waals surface area contributed by atoms with Crippen LogP contribution in [0.25, 0.3) is 0 Å². The highest BCUT2D eigenvalue weighted by molar-refractivity contribution is 6.28. The molecule has 0 aromatic heterocycles. The molecule has 1 N–H and O–H groups in total. The summed E-state index contributed by atoms with van der Waals surface area (Å²) in [6, 6.07) is 0.425. The molecule has 0 spiro atoms. The summed E-state index contributed by atoms with van der Waals surface area (Å²) in [5.74, 6) is 0.773. The third-order valence-corrected chi connectivity index (χ3v) is 5.87. The summed E-state index contributed by atoms with van der Waals surface area (Å²) < 4.78 is 0. The van der Waals surface area contributed by atoms with Crippen LogP contribution in [0.1, 0.15) is 51.4 Å². The predicted molar refractivity (Wildman–Crippen MR) is 80.5 cm³/mol. The zero-order valence-electron chi connectivity index (χ0n) is 12.4. The van der Waals surface area contributed by atoms with Gasteiger partial charge in [0.05, 0.1) is 5.57 Å². The van der Waals surface area contributed by atoms with E-state index in [4.69, 9.17) is 0 Å². The molecular weight excluding hydrogens is 262 g/mol. The molecule has 21 heavy (non-hydrogen) atoms. The van der Waals surface area contributed by atoms with Gasteiger partial charge in [-0.3, -0.25) is 9.59 Å². The number of carbonyl (C=O) groups excluding carboxylic acids is 2. The summed E-state index contributed by atoms with van der Waals surface area (Å²) in [5.41, 5.74) is 1.31. The van der Waals surface area contributed by atoms with E-state index in [1.54, 1.807) is 0 Å². The quantitative estimate of drug-likeness (QED) is 0.550. The van der Waals surface area contributed by atoms with Crippen molar-refractivity contribution in [2.45, 2.75) is 57.4 Å². The molecule has 3 heteroatoms. The molecule has 3 aliphatic carbocycles. The zero-order valence-corrected chi connectivity index (χ0v) is 12.4. The summed E-state index contributed by atoms with van der Waals surface area (Å²) in [4.78, 5) is 25.3. The Morgan fingerprint density at radius 3 is 2.19 bits per heavy atom. The van der Waals surface area contributed by atoms with Crippen molar-refractivity contribution in [1.82, 2.24) is 5.32 Å². The molecule has 3 nitrogen and oxygen atoms in total. The van der Waals surface area contributed by atoms with Gasteiger partial charge in [0.25, 0.3) is 0 Å². The van der Waals surface area contributed by atoms with E-state index in [0.717, 1.165) is 37.8 Å². The van der Waals surface area contributed by atoms with E-state index >= 15 is 0 Å². The second-order valence-electron chi connectivity index (χ2n) is 7.07. The highest BCUT2D eigenvalue weighted by atomic mass is 16.2. The van der Waals surface area contributed by atoms with Crippen LogP contribution < -0.4 is 5.32 Å². The minimum absolute atomic E-state index is 0.0203. The molecule has 0 saturated heterocycles. The summed E-state index contributed by atoms with van der Waals surface area (Å²) in [7, 11) is 0. The molecule has 4 aliphatic rings. The minimum Gasteiger partial charge on any atom is -0.381 e. The third kappa shape index (κ3) is 2.09. The number of allylic oxidation sites excluding steroid dienone is 2. The highest BCUT2D eigenvalue weighted by Crippen LogP contribution is 2.42. The fraction of sp³-hybridized carbons (Fsp3) is 0.667. The van der Waals surface area contributed by atoms with Crippen molar-refractivity contribution in [2.75, 3.05) is 0 Å². The average Bonchev–Trinajstić information content (AvgIpc) is 2.79. The second-order valence-corrected chi connectivity index (χ2v) is 7.07. The van der Waals surface area contributed by atoms with Gasteiger partial charge < -0.3 is 5.32 Å². The number of carbonyl (C=O) groups is 2. The topological polar surface area (TPSA) is 46.2 Å². The lowest BCUT2D eigenvalue weighted by molar-refractivity contribution is -0.120. The fourth-order valence-electron chi connectivity index (χ4n) is 4.71. The maximum absolute atomic E-state index is 12.7. The number of hydrogen-bond acceptors (Lipinski definition) is 3. The lowest BCUT2D eigenvalue weighted by Gasteiger charge is -2.34. The largest absolute Gasteiger partial charge is 0.381 e. The Morgan fingerprint density at radius 1 is 0.857 bits per heavy atom. The fourth-order valence-corrected chi connectivity index (χ4v) is 4.71. The van der Waals surface area contributed by atoms with Crippen LogP contribution in [0.4, 0.5) is 0 Å². The lowest BCUT2D eigenvalue weighted by atomic mass is 9.81. The summed E-state index contributed by atoms with van der Waals surface area (Å²) in [5, 5.41) is 3.52. The number of fused-ring (bicyclic) bond motifs is 2. The van der Waals surface area contributed by atoms with E-state index in [0.29, 0.717) is 17.5 Å². The SMILES string of the molecule is O=C1C(=C2C=CC3CCCCC3N2)C(=O)C2CCCCC12. The maximum Gasteiger partial charge on any atom is 0.172 e. The molecule has 1 aliphatic heterocycles. The Hall–Kier alpha value is -1.38. The van der Waals surface area contributed by atoms with Gasteiger partial charge in [-0.2, -0.15) is 0 Å². The third-order valence-electron chi connectivity index (χ3n) is 5.87. The van der Waals surface area contributed by atoms with Crippen LogP contribution in [0.15, 0.2) is 23.4 Å².